The fourth-order valence-corrected chi connectivity index (χ4v) is 5.79. The second kappa shape index (κ2) is 9.38. The molecular formula is C24H24ClNO5S. The topological polar surface area (TPSA) is 76.8 Å². The molecule has 0 saturated carbocycles. The zero-order chi connectivity index (χ0) is 22.7. The van der Waals surface area contributed by atoms with Crippen LogP contribution in [0.2, 0.25) is 5.02 Å². The zero-order valence-electron chi connectivity index (χ0n) is 17.7. The quantitative estimate of drug-likeness (QED) is 0.491. The number of benzene rings is 2. The van der Waals surface area contributed by atoms with E-state index in [-0.39, 0.29) is 24.0 Å². The standard InChI is InChI=1S/C24H24ClNO5S/c1-2-30-21-8-4-6-18(14-21)24(27)26(20-11-12-32(28,29)16-20)15-22-9-10-23(31-22)17-5-3-7-19(25)13-17/h3-10,13-14,20H,2,11-12,15-16H2,1H3/t20-/m0/s1. The van der Waals surface area contributed by atoms with Crippen molar-refractivity contribution < 1.29 is 22.4 Å². The molecule has 0 radical (unpaired) electrons. The molecule has 168 valence electrons. The van der Waals surface area contributed by atoms with Crippen LogP contribution in [0.4, 0.5) is 0 Å². The molecule has 0 spiro atoms. The Morgan fingerprint density at radius 3 is 2.69 bits per heavy atom. The van der Waals surface area contributed by atoms with Crippen LogP contribution >= 0.6 is 11.6 Å². The first-order valence-corrected chi connectivity index (χ1v) is 12.6. The molecule has 2 heterocycles. The summed E-state index contributed by atoms with van der Waals surface area (Å²) in [6, 6.07) is 17.5. The van der Waals surface area contributed by atoms with Gasteiger partial charge in [-0.1, -0.05) is 29.8 Å². The Morgan fingerprint density at radius 1 is 1.16 bits per heavy atom. The van der Waals surface area contributed by atoms with E-state index in [0.29, 0.717) is 40.9 Å². The van der Waals surface area contributed by atoms with Crippen LogP contribution in [0.3, 0.4) is 0 Å². The van der Waals surface area contributed by atoms with Crippen molar-refractivity contribution in [1.29, 1.82) is 0 Å². The van der Waals surface area contributed by atoms with Gasteiger partial charge in [-0.05, 0) is 55.8 Å². The number of carbonyl (C=O) groups excluding carboxylic acids is 1. The van der Waals surface area contributed by atoms with Crippen molar-refractivity contribution in [3.8, 4) is 17.1 Å². The number of amides is 1. The molecule has 32 heavy (non-hydrogen) atoms. The van der Waals surface area contributed by atoms with E-state index >= 15 is 0 Å². The minimum atomic E-state index is -3.17. The Labute approximate surface area is 192 Å². The van der Waals surface area contributed by atoms with Crippen molar-refractivity contribution in [2.45, 2.75) is 25.9 Å². The molecule has 1 saturated heterocycles. The molecule has 0 unspecified atom stereocenters. The summed E-state index contributed by atoms with van der Waals surface area (Å²) in [5.41, 5.74) is 1.27. The van der Waals surface area contributed by atoms with Crippen molar-refractivity contribution in [2.75, 3.05) is 18.1 Å². The van der Waals surface area contributed by atoms with E-state index in [1.807, 2.05) is 25.1 Å². The summed E-state index contributed by atoms with van der Waals surface area (Å²) in [6.45, 7) is 2.53. The number of carbonyl (C=O) groups is 1. The van der Waals surface area contributed by atoms with Crippen LogP contribution in [0.15, 0.2) is 65.1 Å². The lowest BCUT2D eigenvalue weighted by Gasteiger charge is -2.27. The molecule has 6 nitrogen and oxygen atoms in total. The predicted octanol–water partition coefficient (Wildman–Crippen LogP) is 4.83. The van der Waals surface area contributed by atoms with E-state index in [1.54, 1.807) is 47.4 Å². The van der Waals surface area contributed by atoms with E-state index < -0.39 is 15.9 Å². The van der Waals surface area contributed by atoms with Gasteiger partial charge in [0.1, 0.15) is 17.3 Å². The van der Waals surface area contributed by atoms with Crippen molar-refractivity contribution in [3.05, 3.63) is 77.0 Å². The van der Waals surface area contributed by atoms with Gasteiger partial charge in [-0.2, -0.15) is 0 Å². The summed E-state index contributed by atoms with van der Waals surface area (Å²) >= 11 is 6.08. The third-order valence-corrected chi connectivity index (χ3v) is 7.38. The smallest absolute Gasteiger partial charge is 0.254 e. The van der Waals surface area contributed by atoms with Crippen molar-refractivity contribution >= 4 is 27.3 Å². The third-order valence-electron chi connectivity index (χ3n) is 5.40. The van der Waals surface area contributed by atoms with Crippen LogP contribution in [0.1, 0.15) is 29.5 Å². The molecule has 2 aromatic carbocycles. The molecule has 0 aliphatic carbocycles. The molecule has 8 heteroatoms. The molecule has 1 aliphatic heterocycles. The van der Waals surface area contributed by atoms with Gasteiger partial charge >= 0.3 is 0 Å². The lowest BCUT2D eigenvalue weighted by molar-refractivity contribution is 0.0666. The maximum atomic E-state index is 13.4. The second-order valence-electron chi connectivity index (χ2n) is 7.73. The number of sulfone groups is 1. The second-order valence-corrected chi connectivity index (χ2v) is 10.4. The van der Waals surface area contributed by atoms with Gasteiger partial charge in [-0.3, -0.25) is 4.79 Å². The van der Waals surface area contributed by atoms with Gasteiger partial charge in [0.15, 0.2) is 9.84 Å². The van der Waals surface area contributed by atoms with Crippen LogP contribution < -0.4 is 4.74 Å². The number of rotatable bonds is 7. The molecule has 1 aromatic heterocycles. The van der Waals surface area contributed by atoms with Gasteiger partial charge in [0.25, 0.3) is 5.91 Å². The molecule has 4 rings (SSSR count). The summed E-state index contributed by atoms with van der Waals surface area (Å²) in [5, 5.41) is 0.600. The Balaban J connectivity index is 1.62. The SMILES string of the molecule is CCOc1cccc(C(=O)N(Cc2ccc(-c3cccc(Cl)c3)o2)[C@H]2CCS(=O)(=O)C2)c1. The molecule has 3 aromatic rings. The van der Waals surface area contributed by atoms with Gasteiger partial charge in [-0.25, -0.2) is 8.42 Å². The number of halogens is 1. The molecule has 1 fully saturated rings. The highest BCUT2D eigenvalue weighted by molar-refractivity contribution is 7.91. The third kappa shape index (κ3) is 5.16. The number of hydrogen-bond acceptors (Lipinski definition) is 5. The number of hydrogen-bond donors (Lipinski definition) is 0. The molecular weight excluding hydrogens is 450 g/mol. The number of ether oxygens (including phenoxy) is 1. The Hall–Kier alpha value is -2.77. The summed E-state index contributed by atoms with van der Waals surface area (Å²) in [4.78, 5) is 15.0. The zero-order valence-corrected chi connectivity index (χ0v) is 19.2. The van der Waals surface area contributed by atoms with Gasteiger partial charge in [0.05, 0.1) is 24.7 Å². The van der Waals surface area contributed by atoms with Crippen LogP contribution in [-0.2, 0) is 16.4 Å². The minimum absolute atomic E-state index is 0.0499. The van der Waals surface area contributed by atoms with E-state index in [4.69, 9.17) is 20.8 Å². The largest absolute Gasteiger partial charge is 0.494 e. The maximum Gasteiger partial charge on any atom is 0.254 e. The van der Waals surface area contributed by atoms with E-state index in [1.165, 1.54) is 0 Å². The van der Waals surface area contributed by atoms with E-state index in [2.05, 4.69) is 0 Å². The molecule has 0 N–H and O–H groups in total. The Bertz CT molecular complexity index is 1220. The summed E-state index contributed by atoms with van der Waals surface area (Å²) in [7, 11) is -3.17. The fraction of sp³-hybridized carbons (Fsp3) is 0.292. The highest BCUT2D eigenvalue weighted by Gasteiger charge is 2.35. The van der Waals surface area contributed by atoms with Crippen molar-refractivity contribution in [2.24, 2.45) is 0 Å². The number of furan rings is 1. The maximum absolute atomic E-state index is 13.4. The first-order valence-electron chi connectivity index (χ1n) is 10.4. The Morgan fingerprint density at radius 2 is 1.97 bits per heavy atom. The normalized spacial score (nSPS) is 17.2. The highest BCUT2D eigenvalue weighted by Crippen LogP contribution is 2.28. The lowest BCUT2D eigenvalue weighted by Crippen LogP contribution is -2.40. The van der Waals surface area contributed by atoms with E-state index in [9.17, 15) is 13.2 Å². The summed E-state index contributed by atoms with van der Waals surface area (Å²) < 4.78 is 35.8. The number of nitrogens with zero attached hydrogens (tertiary/aromatic N) is 1. The molecule has 1 amide bonds. The fourth-order valence-electron chi connectivity index (χ4n) is 3.87. The van der Waals surface area contributed by atoms with Crippen LogP contribution in [0.5, 0.6) is 5.75 Å². The predicted molar refractivity (Wildman–Crippen MR) is 124 cm³/mol. The van der Waals surface area contributed by atoms with Gasteiger partial charge in [0, 0.05) is 22.2 Å². The van der Waals surface area contributed by atoms with Crippen LogP contribution in [-0.4, -0.2) is 43.4 Å². The van der Waals surface area contributed by atoms with Crippen LogP contribution in [0.25, 0.3) is 11.3 Å². The summed E-state index contributed by atoms with van der Waals surface area (Å²) in [5.74, 6) is 1.57. The first-order chi connectivity index (χ1) is 15.3. The highest BCUT2D eigenvalue weighted by atomic mass is 35.5. The van der Waals surface area contributed by atoms with Crippen molar-refractivity contribution in [3.63, 3.8) is 0 Å². The average Bonchev–Trinajstić information content (AvgIpc) is 3.38. The van der Waals surface area contributed by atoms with Crippen molar-refractivity contribution in [1.82, 2.24) is 4.90 Å². The lowest BCUT2D eigenvalue weighted by atomic mass is 10.1. The monoisotopic (exact) mass is 473 g/mol. The first kappa shape index (κ1) is 22.4. The summed E-state index contributed by atoms with van der Waals surface area (Å²) in [6.07, 6.45) is 0.404. The van der Waals surface area contributed by atoms with Crippen LogP contribution in [0, 0.1) is 0 Å². The molecule has 1 aliphatic rings. The average molecular weight is 474 g/mol. The Kier molecular flexibility index (Phi) is 6.58. The van der Waals surface area contributed by atoms with E-state index in [0.717, 1.165) is 5.56 Å². The van der Waals surface area contributed by atoms with Gasteiger partial charge < -0.3 is 14.1 Å². The molecule has 0 bridgehead atoms. The van der Waals surface area contributed by atoms with Gasteiger partial charge in [0.2, 0.25) is 0 Å². The minimum Gasteiger partial charge on any atom is -0.494 e. The molecule has 1 atom stereocenters. The van der Waals surface area contributed by atoms with Gasteiger partial charge in [-0.15, -0.1) is 0 Å².